The van der Waals surface area contributed by atoms with Gasteiger partial charge in [0.2, 0.25) is 21.7 Å². The van der Waals surface area contributed by atoms with Crippen molar-refractivity contribution in [3.05, 3.63) is 82.3 Å². The molecule has 1 aliphatic rings. The maximum atomic E-state index is 13.6. The number of nitrogens with one attached hydrogen (secondary N) is 2. The smallest absolute Gasteiger partial charge is 0.268 e. The molecule has 13 nitrogen and oxygen atoms in total. The number of guanidine groups is 1. The molecule has 0 saturated carbocycles. The lowest BCUT2D eigenvalue weighted by molar-refractivity contribution is -0.124. The van der Waals surface area contributed by atoms with Crippen LogP contribution < -0.4 is 26.4 Å². The highest BCUT2D eigenvalue weighted by molar-refractivity contribution is 7.88. The molecular weight excluding hydrogens is 629 g/mol. The molecule has 1 aliphatic heterocycles. The standard InChI is InChI=1S/C27H30N8O5S2.2C2H6/c28-27(29)31-12-6-10-20(23(37)25-30-13-14-41-25)33-22(36)16-35-21-11-5-4-9-19(21)15-32-24(26(35)38)34-42(39,40)17-18-7-2-1-3-8-18;2*1-2/h1-5,7-9,11,13-15,20,24,34H,6,10,12,16-17H2,(H,33,36)(H4,28,29,31);2*1-2H3/t20-,24?;;/m0../s1. The van der Waals surface area contributed by atoms with Gasteiger partial charge in [0, 0.05) is 29.9 Å². The first-order chi connectivity index (χ1) is 22.1. The van der Waals surface area contributed by atoms with E-state index in [2.05, 4.69) is 25.0 Å². The molecule has 2 atom stereocenters. The Bertz CT molecular complexity index is 1580. The van der Waals surface area contributed by atoms with Crippen molar-refractivity contribution in [2.45, 2.75) is 58.5 Å². The van der Waals surface area contributed by atoms with E-state index in [4.69, 9.17) is 11.5 Å². The Hall–Kier alpha value is -4.47. The van der Waals surface area contributed by atoms with Crippen molar-refractivity contribution < 1.29 is 22.8 Å². The molecule has 3 aromatic rings. The highest BCUT2D eigenvalue weighted by atomic mass is 32.2. The largest absolute Gasteiger partial charge is 0.370 e. The number of benzodiazepines with no additional fused rings is 1. The molecule has 0 radical (unpaired) electrons. The van der Waals surface area contributed by atoms with Gasteiger partial charge in [-0.2, -0.15) is 4.72 Å². The number of amides is 2. The highest BCUT2D eigenvalue weighted by Crippen LogP contribution is 2.23. The van der Waals surface area contributed by atoms with Crippen molar-refractivity contribution in [1.82, 2.24) is 15.0 Å². The number of benzene rings is 2. The number of nitrogens with zero attached hydrogens (tertiary/aromatic N) is 4. The second kappa shape index (κ2) is 19.1. The molecule has 0 aliphatic carbocycles. The van der Waals surface area contributed by atoms with E-state index in [1.807, 2.05) is 27.7 Å². The van der Waals surface area contributed by atoms with Gasteiger partial charge in [0.15, 0.2) is 17.1 Å². The summed E-state index contributed by atoms with van der Waals surface area (Å²) in [4.78, 5) is 53.4. The number of thiazole rings is 1. The monoisotopic (exact) mass is 670 g/mol. The first kappa shape index (κ1) is 37.7. The van der Waals surface area contributed by atoms with E-state index in [9.17, 15) is 22.8 Å². The fraction of sp³-hybridized carbons (Fsp3) is 0.355. The molecule has 248 valence electrons. The predicted molar refractivity (Wildman–Crippen MR) is 183 cm³/mol. The van der Waals surface area contributed by atoms with E-state index >= 15 is 0 Å². The van der Waals surface area contributed by atoms with E-state index in [0.29, 0.717) is 23.2 Å². The summed E-state index contributed by atoms with van der Waals surface area (Å²) >= 11 is 1.14. The molecule has 1 aromatic heterocycles. The van der Waals surface area contributed by atoms with Crippen molar-refractivity contribution in [3.8, 4) is 0 Å². The molecule has 2 heterocycles. The normalized spacial score (nSPS) is 14.3. The second-order valence-corrected chi connectivity index (χ2v) is 11.9. The minimum Gasteiger partial charge on any atom is -0.370 e. The summed E-state index contributed by atoms with van der Waals surface area (Å²) < 4.78 is 28.2. The number of hydrogen-bond donors (Lipinski definition) is 4. The fourth-order valence-corrected chi connectivity index (χ4v) is 6.07. The van der Waals surface area contributed by atoms with Crippen LogP contribution in [0.1, 0.15) is 61.5 Å². The molecule has 15 heteroatoms. The van der Waals surface area contributed by atoms with Crippen LogP contribution in [-0.4, -0.2) is 68.5 Å². The summed E-state index contributed by atoms with van der Waals surface area (Å²) in [7, 11) is -3.99. The van der Waals surface area contributed by atoms with Crippen molar-refractivity contribution >= 4 is 56.8 Å². The highest BCUT2D eigenvalue weighted by Gasteiger charge is 2.34. The lowest BCUT2D eigenvalue weighted by Gasteiger charge is -2.26. The van der Waals surface area contributed by atoms with Crippen LogP contribution in [-0.2, 0) is 25.4 Å². The molecule has 0 bridgehead atoms. The molecule has 46 heavy (non-hydrogen) atoms. The number of Topliss-reactive ketones (excluding diaryl/α,β-unsaturated/α-hetero) is 1. The minimum absolute atomic E-state index is 0.0867. The van der Waals surface area contributed by atoms with Crippen LogP contribution in [0, 0.1) is 0 Å². The summed E-state index contributed by atoms with van der Waals surface area (Å²) in [6, 6.07) is 14.3. The number of anilines is 1. The number of fused-ring (bicyclic) bond motifs is 1. The van der Waals surface area contributed by atoms with Gasteiger partial charge in [-0.05, 0) is 24.5 Å². The van der Waals surface area contributed by atoms with Crippen LogP contribution in [0.3, 0.4) is 0 Å². The van der Waals surface area contributed by atoms with Gasteiger partial charge < -0.3 is 16.8 Å². The lowest BCUT2D eigenvalue weighted by Crippen LogP contribution is -2.52. The molecule has 0 fully saturated rings. The zero-order chi connectivity index (χ0) is 34.1. The summed E-state index contributed by atoms with van der Waals surface area (Å²) in [5.74, 6) is -2.22. The molecule has 2 amide bonds. The third kappa shape index (κ3) is 11.5. The molecule has 0 saturated heterocycles. The maximum Gasteiger partial charge on any atom is 0.268 e. The van der Waals surface area contributed by atoms with Gasteiger partial charge in [-0.3, -0.25) is 29.3 Å². The van der Waals surface area contributed by atoms with Crippen molar-refractivity contribution in [3.63, 3.8) is 0 Å². The molecule has 2 aromatic carbocycles. The Kier molecular flexibility index (Phi) is 15.7. The zero-order valence-electron chi connectivity index (χ0n) is 26.4. The van der Waals surface area contributed by atoms with Gasteiger partial charge in [0.1, 0.15) is 6.54 Å². The number of rotatable bonds is 13. The van der Waals surface area contributed by atoms with Crippen LogP contribution in [0.25, 0.3) is 0 Å². The van der Waals surface area contributed by atoms with Gasteiger partial charge in [-0.15, -0.1) is 11.3 Å². The van der Waals surface area contributed by atoms with Crippen molar-refractivity contribution in [2.24, 2.45) is 21.5 Å². The maximum absolute atomic E-state index is 13.6. The Morgan fingerprint density at radius 2 is 1.72 bits per heavy atom. The van der Waals surface area contributed by atoms with Crippen LogP contribution in [0.5, 0.6) is 0 Å². The fourth-order valence-electron chi connectivity index (χ4n) is 4.23. The van der Waals surface area contributed by atoms with Crippen LogP contribution in [0.4, 0.5) is 5.69 Å². The Balaban J connectivity index is 0.00000177. The Morgan fingerprint density at radius 1 is 1.04 bits per heavy atom. The summed E-state index contributed by atoms with van der Waals surface area (Å²) in [5.41, 5.74) is 12.2. The molecule has 4 rings (SSSR count). The molecule has 6 N–H and O–H groups in total. The summed E-state index contributed by atoms with van der Waals surface area (Å²) in [5, 5.41) is 4.57. The summed E-state index contributed by atoms with van der Waals surface area (Å²) in [6.45, 7) is 7.76. The van der Waals surface area contributed by atoms with E-state index < -0.39 is 40.6 Å². The third-order valence-electron chi connectivity index (χ3n) is 6.12. The van der Waals surface area contributed by atoms with E-state index in [-0.39, 0.29) is 35.5 Å². The average molecular weight is 671 g/mol. The third-order valence-corrected chi connectivity index (χ3v) is 8.21. The molecular formula is C31H42N8O5S2. The van der Waals surface area contributed by atoms with Crippen LogP contribution in [0.15, 0.2) is 76.2 Å². The first-order valence-electron chi connectivity index (χ1n) is 14.9. The Morgan fingerprint density at radius 3 is 2.37 bits per heavy atom. The summed E-state index contributed by atoms with van der Waals surface area (Å²) in [6.07, 6.45) is 1.98. The van der Waals surface area contributed by atoms with E-state index in [1.54, 1.807) is 60.0 Å². The quantitative estimate of drug-likeness (QED) is 0.0920. The van der Waals surface area contributed by atoms with Gasteiger partial charge in [0.25, 0.3) is 5.91 Å². The number of aliphatic imine (C=N–C) groups is 2. The first-order valence-corrected chi connectivity index (χ1v) is 17.4. The van der Waals surface area contributed by atoms with Gasteiger partial charge >= 0.3 is 0 Å². The topological polar surface area (TPSA) is 202 Å². The number of aromatic nitrogens is 1. The minimum atomic E-state index is -3.99. The zero-order valence-corrected chi connectivity index (χ0v) is 28.1. The number of carbonyl (C=O) groups is 3. The molecule has 1 unspecified atom stereocenters. The second-order valence-electron chi connectivity index (χ2n) is 9.30. The SMILES string of the molecule is CC.CC.NC(N)=NCCC[C@H](NC(=O)CN1C(=O)C(NS(=O)(=O)Cc2ccccc2)N=Cc2ccccc21)C(=O)c1nccs1. The van der Waals surface area contributed by atoms with Gasteiger partial charge in [-0.1, -0.05) is 76.2 Å². The number of sulfonamides is 1. The number of hydrogen-bond acceptors (Lipinski definition) is 9. The van der Waals surface area contributed by atoms with Crippen molar-refractivity contribution in [2.75, 3.05) is 18.0 Å². The van der Waals surface area contributed by atoms with Gasteiger partial charge in [0.05, 0.1) is 17.5 Å². The van der Waals surface area contributed by atoms with Crippen molar-refractivity contribution in [1.29, 1.82) is 0 Å². The van der Waals surface area contributed by atoms with E-state index in [1.165, 1.54) is 12.4 Å². The van der Waals surface area contributed by atoms with Gasteiger partial charge in [-0.25, -0.2) is 13.4 Å². The number of carbonyl (C=O) groups excluding carboxylic acids is 3. The number of para-hydroxylation sites is 1. The number of nitrogens with two attached hydrogens (primary N) is 2. The van der Waals surface area contributed by atoms with Crippen LogP contribution >= 0.6 is 11.3 Å². The Labute approximate surface area is 274 Å². The predicted octanol–water partition coefficient (Wildman–Crippen LogP) is 2.83. The van der Waals surface area contributed by atoms with Crippen LogP contribution in [0.2, 0.25) is 0 Å². The average Bonchev–Trinajstić information content (AvgIpc) is 3.56. The van der Waals surface area contributed by atoms with E-state index in [0.717, 1.165) is 16.2 Å². The number of ketones is 1. The lowest BCUT2D eigenvalue weighted by atomic mass is 10.1. The molecule has 0 spiro atoms.